The summed E-state index contributed by atoms with van der Waals surface area (Å²) in [5.41, 5.74) is 7.81. The van der Waals surface area contributed by atoms with Gasteiger partial charge < -0.3 is 20.7 Å². The smallest absolute Gasteiger partial charge is 0.333 e. The molecular weight excluding hydrogens is 482 g/mol. The van der Waals surface area contributed by atoms with E-state index >= 15 is 4.39 Å². The van der Waals surface area contributed by atoms with E-state index in [9.17, 15) is 18.8 Å². The Balaban J connectivity index is 1.67. The molecule has 186 valence electrons. The van der Waals surface area contributed by atoms with Gasteiger partial charge in [-0.1, -0.05) is 18.2 Å². The van der Waals surface area contributed by atoms with Crippen molar-refractivity contribution in [1.82, 2.24) is 19.5 Å². The highest BCUT2D eigenvalue weighted by atomic mass is 19.1. The molecule has 2 aliphatic rings. The molecule has 1 aliphatic heterocycles. The van der Waals surface area contributed by atoms with Crippen molar-refractivity contribution in [1.29, 1.82) is 0 Å². The molecular formula is C26H20F2N6O3. The van der Waals surface area contributed by atoms with Gasteiger partial charge in [-0.25, -0.2) is 18.1 Å². The van der Waals surface area contributed by atoms with Gasteiger partial charge in [-0.05, 0) is 42.8 Å². The number of aromatic amines is 1. The van der Waals surface area contributed by atoms with Gasteiger partial charge in [0.2, 0.25) is 0 Å². The van der Waals surface area contributed by atoms with Crippen LogP contribution in [0.4, 0.5) is 8.78 Å². The van der Waals surface area contributed by atoms with E-state index in [1.807, 2.05) is 0 Å². The van der Waals surface area contributed by atoms with Gasteiger partial charge in [-0.2, -0.15) is 5.10 Å². The Morgan fingerprint density at radius 1 is 1.14 bits per heavy atom. The number of hydrazone groups is 1. The second kappa shape index (κ2) is 8.12. The average Bonchev–Trinajstić information content (AvgIpc) is 3.42. The molecule has 3 heterocycles. The van der Waals surface area contributed by atoms with Gasteiger partial charge >= 0.3 is 5.69 Å². The fourth-order valence-electron chi connectivity index (χ4n) is 5.03. The summed E-state index contributed by atoms with van der Waals surface area (Å²) < 4.78 is 32.0. The van der Waals surface area contributed by atoms with Crippen molar-refractivity contribution in [3.8, 4) is 5.69 Å². The minimum atomic E-state index is -0.968. The quantitative estimate of drug-likeness (QED) is 0.396. The monoisotopic (exact) mass is 502 g/mol. The third-order valence-electron chi connectivity index (χ3n) is 6.82. The summed E-state index contributed by atoms with van der Waals surface area (Å²) in [6.45, 7) is 1.32. The molecule has 2 unspecified atom stereocenters. The van der Waals surface area contributed by atoms with Crippen LogP contribution >= 0.6 is 0 Å². The maximum Gasteiger partial charge on any atom is 0.333 e. The number of rotatable bonds is 4. The van der Waals surface area contributed by atoms with Crippen LogP contribution in [0, 0.1) is 18.7 Å². The number of hydrogen-bond donors (Lipinski definition) is 3. The molecule has 6 rings (SSSR count). The summed E-state index contributed by atoms with van der Waals surface area (Å²) in [6, 6.07) is 8.78. The molecule has 2 aromatic heterocycles. The summed E-state index contributed by atoms with van der Waals surface area (Å²) >= 11 is 0. The van der Waals surface area contributed by atoms with Gasteiger partial charge in [0.1, 0.15) is 17.3 Å². The van der Waals surface area contributed by atoms with Crippen LogP contribution in [0.25, 0.3) is 27.5 Å². The van der Waals surface area contributed by atoms with E-state index in [1.54, 1.807) is 30.5 Å². The Bertz CT molecular complexity index is 1860. The number of nitrogens with two attached hydrogens (primary N) is 1. The lowest BCUT2D eigenvalue weighted by Gasteiger charge is -2.20. The first-order chi connectivity index (χ1) is 17.7. The van der Waals surface area contributed by atoms with Crippen molar-refractivity contribution in [2.75, 3.05) is 0 Å². The Morgan fingerprint density at radius 2 is 1.92 bits per heavy atom. The van der Waals surface area contributed by atoms with E-state index in [-0.39, 0.29) is 57.3 Å². The van der Waals surface area contributed by atoms with Crippen molar-refractivity contribution >= 4 is 33.9 Å². The fourth-order valence-corrected chi connectivity index (χ4v) is 5.03. The van der Waals surface area contributed by atoms with Gasteiger partial charge in [0.05, 0.1) is 34.7 Å². The number of amides is 1. The Morgan fingerprint density at radius 3 is 2.70 bits per heavy atom. The van der Waals surface area contributed by atoms with Crippen LogP contribution in [0.2, 0.25) is 0 Å². The largest absolute Gasteiger partial charge is 0.364 e. The van der Waals surface area contributed by atoms with E-state index < -0.39 is 28.8 Å². The van der Waals surface area contributed by atoms with E-state index in [0.29, 0.717) is 5.52 Å². The maximum absolute atomic E-state index is 15.1. The summed E-state index contributed by atoms with van der Waals surface area (Å²) in [5, 5.41) is 4.43. The average molecular weight is 502 g/mol. The van der Waals surface area contributed by atoms with E-state index in [0.717, 1.165) is 4.57 Å². The topological polar surface area (TPSA) is 127 Å². The molecule has 9 nitrogen and oxygen atoms in total. The third-order valence-corrected chi connectivity index (χ3v) is 6.82. The fraction of sp³-hybridized carbons (Fsp3) is 0.154. The number of hydrogen-bond acceptors (Lipinski definition) is 5. The zero-order valence-electron chi connectivity index (χ0n) is 19.5. The molecule has 2 aromatic carbocycles. The second-order valence-electron chi connectivity index (χ2n) is 9.10. The predicted octanol–water partition coefficient (Wildman–Crippen LogP) is 2.55. The van der Waals surface area contributed by atoms with Crippen LogP contribution in [-0.2, 0) is 6.54 Å². The molecule has 11 heteroatoms. The number of para-hydroxylation sites is 1. The van der Waals surface area contributed by atoms with Gasteiger partial charge in [0, 0.05) is 23.1 Å². The number of primary amides is 1. The minimum Gasteiger partial charge on any atom is -0.364 e. The Kier molecular flexibility index (Phi) is 4.97. The highest BCUT2D eigenvalue weighted by Crippen LogP contribution is 2.34. The van der Waals surface area contributed by atoms with Crippen LogP contribution in [0.15, 0.2) is 74.6 Å². The van der Waals surface area contributed by atoms with Gasteiger partial charge in [-0.3, -0.25) is 9.59 Å². The first-order valence-electron chi connectivity index (χ1n) is 11.5. The van der Waals surface area contributed by atoms with Gasteiger partial charge in [0.15, 0.2) is 0 Å². The lowest BCUT2D eigenvalue weighted by Crippen LogP contribution is -2.35. The summed E-state index contributed by atoms with van der Waals surface area (Å²) in [7, 11) is 0. The molecule has 0 bridgehead atoms. The molecule has 0 spiro atoms. The number of fused-ring (bicyclic) bond motifs is 3. The normalized spacial score (nSPS) is 18.6. The number of aryl methyl sites for hydroxylation is 1. The van der Waals surface area contributed by atoms with E-state index in [2.05, 4.69) is 15.5 Å². The number of benzene rings is 2. The molecule has 0 radical (unpaired) electrons. The van der Waals surface area contributed by atoms with E-state index in [4.69, 9.17) is 5.73 Å². The molecule has 0 saturated heterocycles. The highest BCUT2D eigenvalue weighted by Gasteiger charge is 2.30. The number of aromatic nitrogens is 3. The van der Waals surface area contributed by atoms with Gasteiger partial charge in [-0.15, -0.1) is 0 Å². The molecule has 2 atom stereocenters. The van der Waals surface area contributed by atoms with Crippen molar-refractivity contribution in [3.05, 3.63) is 97.9 Å². The summed E-state index contributed by atoms with van der Waals surface area (Å²) in [6.07, 6.45) is 4.64. The summed E-state index contributed by atoms with van der Waals surface area (Å²) in [4.78, 5) is 42.2. The second-order valence-corrected chi connectivity index (χ2v) is 9.10. The lowest BCUT2D eigenvalue weighted by atomic mass is 9.93. The highest BCUT2D eigenvalue weighted by molar-refractivity contribution is 6.05. The molecule has 1 amide bonds. The number of H-pyrrole nitrogens is 1. The Hall–Kier alpha value is -4.80. The number of nitrogens with one attached hydrogen (secondary N) is 2. The SMILES string of the molecule is Cc1cc2c(-n3c(=O)[nH]c4ccccc4c3=O)c(C(N)=O)n(CC3=CC4NN=CC4C=C3F)c2cc1F. The van der Waals surface area contributed by atoms with Gasteiger partial charge in [0.25, 0.3) is 11.5 Å². The third kappa shape index (κ3) is 3.42. The zero-order chi connectivity index (χ0) is 26.0. The van der Waals surface area contributed by atoms with E-state index in [1.165, 1.54) is 35.8 Å². The number of carbonyl (C=O) groups is 1. The molecule has 0 saturated carbocycles. The lowest BCUT2D eigenvalue weighted by molar-refractivity contribution is 0.0992. The molecule has 4 N–H and O–H groups in total. The molecule has 37 heavy (non-hydrogen) atoms. The molecule has 1 aliphatic carbocycles. The van der Waals surface area contributed by atoms with Crippen LogP contribution < -0.4 is 22.4 Å². The Labute approximate surface area is 207 Å². The number of nitrogens with zero attached hydrogens (tertiary/aromatic N) is 3. The van der Waals surface area contributed by atoms with Crippen LogP contribution in [0.1, 0.15) is 16.1 Å². The van der Waals surface area contributed by atoms with Crippen molar-refractivity contribution < 1.29 is 13.6 Å². The zero-order valence-corrected chi connectivity index (χ0v) is 19.5. The van der Waals surface area contributed by atoms with Crippen LogP contribution in [-0.4, -0.2) is 32.3 Å². The molecule has 4 aromatic rings. The van der Waals surface area contributed by atoms with Crippen LogP contribution in [0.3, 0.4) is 0 Å². The van der Waals surface area contributed by atoms with Crippen molar-refractivity contribution in [2.45, 2.75) is 19.5 Å². The van der Waals surface area contributed by atoms with Crippen molar-refractivity contribution in [2.24, 2.45) is 16.8 Å². The standard InChI is InChI=1S/C26H20F2N6O3/c1-12-6-16-21(9-17(12)27)33(11-14-8-20-13(7-18(14)28)10-30-32-20)23(24(29)35)22(16)34-25(36)15-4-2-3-5-19(15)31-26(34)37/h2-10,13,20,32H,11H2,1H3,(H2,29,35)(H,31,37). The minimum absolute atomic E-state index is 0.0939. The number of halogens is 2. The number of carbonyl (C=O) groups excluding carboxylic acids is 1. The maximum atomic E-state index is 15.1. The summed E-state index contributed by atoms with van der Waals surface area (Å²) in [5.74, 6) is -2.33. The number of allylic oxidation sites excluding steroid dienone is 2. The first-order valence-corrected chi connectivity index (χ1v) is 11.5. The van der Waals surface area contributed by atoms with Crippen molar-refractivity contribution in [3.63, 3.8) is 0 Å². The first kappa shape index (κ1) is 22.7. The molecule has 0 fully saturated rings. The predicted molar refractivity (Wildman–Crippen MR) is 135 cm³/mol. The van der Waals surface area contributed by atoms with Crippen LogP contribution in [0.5, 0.6) is 0 Å².